The number of aromatic amines is 1. The van der Waals surface area contributed by atoms with Crippen molar-refractivity contribution in [2.45, 2.75) is 6.54 Å². The van der Waals surface area contributed by atoms with Gasteiger partial charge in [0.05, 0.1) is 11.3 Å². The minimum Gasteiger partial charge on any atom is -0.368 e. The largest absolute Gasteiger partial charge is 0.368 e. The lowest BCUT2D eigenvalue weighted by Crippen LogP contribution is -2.05. The molecule has 3 rings (SSSR count). The molecule has 0 saturated heterocycles. The molecule has 20 heavy (non-hydrogen) atoms. The molecule has 0 atom stereocenters. The SMILES string of the molecule is Nc1nc(NCc2ccc(F)c(Cl)c2)c2[nH]cnc2n1. The molecule has 0 spiro atoms. The molecular weight excluding hydrogens is 283 g/mol. The number of hydrogen-bond donors (Lipinski definition) is 3. The van der Waals surface area contributed by atoms with Crippen LogP contribution in [0.3, 0.4) is 0 Å². The number of benzene rings is 1. The summed E-state index contributed by atoms with van der Waals surface area (Å²) in [5, 5.41) is 3.18. The number of nitrogens with zero attached hydrogens (tertiary/aromatic N) is 3. The Hall–Kier alpha value is -2.41. The van der Waals surface area contributed by atoms with Gasteiger partial charge in [0.15, 0.2) is 11.5 Å². The van der Waals surface area contributed by atoms with Crippen molar-refractivity contribution in [1.29, 1.82) is 0 Å². The lowest BCUT2D eigenvalue weighted by Gasteiger charge is -2.07. The molecule has 0 amide bonds. The van der Waals surface area contributed by atoms with Gasteiger partial charge in [-0.25, -0.2) is 9.37 Å². The topological polar surface area (TPSA) is 92.5 Å². The van der Waals surface area contributed by atoms with E-state index in [1.54, 1.807) is 12.1 Å². The first-order chi connectivity index (χ1) is 9.63. The Bertz CT molecular complexity index is 772. The number of hydrogen-bond acceptors (Lipinski definition) is 5. The Morgan fingerprint density at radius 2 is 2.20 bits per heavy atom. The lowest BCUT2D eigenvalue weighted by molar-refractivity contribution is 0.627. The monoisotopic (exact) mass is 292 g/mol. The Kier molecular flexibility index (Phi) is 3.11. The fourth-order valence-electron chi connectivity index (χ4n) is 1.81. The summed E-state index contributed by atoms with van der Waals surface area (Å²) in [6.07, 6.45) is 1.51. The summed E-state index contributed by atoms with van der Waals surface area (Å²) in [7, 11) is 0. The first-order valence-corrected chi connectivity index (χ1v) is 6.15. The Morgan fingerprint density at radius 3 is 3.00 bits per heavy atom. The molecule has 2 aromatic heterocycles. The van der Waals surface area contributed by atoms with Gasteiger partial charge in [0.25, 0.3) is 0 Å². The van der Waals surface area contributed by atoms with Gasteiger partial charge in [0.1, 0.15) is 11.3 Å². The number of anilines is 2. The van der Waals surface area contributed by atoms with Gasteiger partial charge in [-0.15, -0.1) is 0 Å². The summed E-state index contributed by atoms with van der Waals surface area (Å²) < 4.78 is 13.1. The Morgan fingerprint density at radius 1 is 1.35 bits per heavy atom. The number of nitrogens with two attached hydrogens (primary N) is 1. The van der Waals surface area contributed by atoms with Crippen LogP contribution in [0.4, 0.5) is 16.2 Å². The molecule has 102 valence electrons. The van der Waals surface area contributed by atoms with E-state index in [2.05, 4.69) is 25.3 Å². The van der Waals surface area contributed by atoms with E-state index in [1.165, 1.54) is 12.4 Å². The first-order valence-electron chi connectivity index (χ1n) is 5.78. The highest BCUT2D eigenvalue weighted by atomic mass is 35.5. The van der Waals surface area contributed by atoms with Crippen molar-refractivity contribution in [2.75, 3.05) is 11.1 Å². The third-order valence-electron chi connectivity index (χ3n) is 2.75. The molecule has 0 aliphatic heterocycles. The number of halogens is 2. The molecule has 4 N–H and O–H groups in total. The fourth-order valence-corrected chi connectivity index (χ4v) is 2.02. The maximum atomic E-state index is 13.1. The summed E-state index contributed by atoms with van der Waals surface area (Å²) >= 11 is 5.73. The van der Waals surface area contributed by atoms with Crippen molar-refractivity contribution >= 4 is 34.5 Å². The van der Waals surface area contributed by atoms with Gasteiger partial charge in [-0.3, -0.25) is 0 Å². The van der Waals surface area contributed by atoms with Crippen LogP contribution in [0, 0.1) is 5.82 Å². The van der Waals surface area contributed by atoms with Crippen LogP contribution in [0.1, 0.15) is 5.56 Å². The van der Waals surface area contributed by atoms with E-state index in [1.807, 2.05) is 0 Å². The van der Waals surface area contributed by atoms with Gasteiger partial charge in [0, 0.05) is 6.54 Å². The van der Waals surface area contributed by atoms with Gasteiger partial charge in [-0.1, -0.05) is 17.7 Å². The molecule has 0 aliphatic rings. The number of fused-ring (bicyclic) bond motifs is 1. The van der Waals surface area contributed by atoms with Crippen molar-refractivity contribution < 1.29 is 4.39 Å². The van der Waals surface area contributed by atoms with Crippen molar-refractivity contribution in [2.24, 2.45) is 0 Å². The molecular formula is C12H10ClFN6. The molecule has 6 nitrogen and oxygen atoms in total. The second kappa shape index (κ2) is 4.93. The second-order valence-electron chi connectivity index (χ2n) is 4.13. The zero-order valence-corrected chi connectivity index (χ0v) is 10.9. The zero-order chi connectivity index (χ0) is 14.1. The highest BCUT2D eigenvalue weighted by Gasteiger charge is 2.08. The van der Waals surface area contributed by atoms with E-state index in [-0.39, 0.29) is 11.0 Å². The number of rotatable bonds is 3. The number of nitrogens with one attached hydrogen (secondary N) is 2. The van der Waals surface area contributed by atoms with Crippen molar-refractivity contribution in [3.05, 3.63) is 40.9 Å². The van der Waals surface area contributed by atoms with Crippen molar-refractivity contribution in [3.63, 3.8) is 0 Å². The molecule has 0 bridgehead atoms. The Balaban J connectivity index is 1.86. The van der Waals surface area contributed by atoms with Crippen LogP contribution < -0.4 is 11.1 Å². The van der Waals surface area contributed by atoms with Crippen LogP contribution in [0.25, 0.3) is 11.2 Å². The quantitative estimate of drug-likeness (QED) is 0.689. The number of aromatic nitrogens is 4. The van der Waals surface area contributed by atoms with E-state index in [0.29, 0.717) is 23.5 Å². The number of H-pyrrole nitrogens is 1. The molecule has 3 aromatic rings. The van der Waals surface area contributed by atoms with Crippen LogP contribution in [0.15, 0.2) is 24.5 Å². The van der Waals surface area contributed by atoms with Crippen LogP contribution in [-0.4, -0.2) is 19.9 Å². The zero-order valence-electron chi connectivity index (χ0n) is 10.2. The van der Waals surface area contributed by atoms with Crippen molar-refractivity contribution in [1.82, 2.24) is 19.9 Å². The summed E-state index contributed by atoms with van der Waals surface area (Å²) in [4.78, 5) is 15.1. The van der Waals surface area contributed by atoms with E-state index < -0.39 is 5.82 Å². The second-order valence-corrected chi connectivity index (χ2v) is 4.54. The van der Waals surface area contributed by atoms with Crippen molar-refractivity contribution in [3.8, 4) is 0 Å². The smallest absolute Gasteiger partial charge is 0.224 e. The molecule has 0 aliphatic carbocycles. The van der Waals surface area contributed by atoms with E-state index in [9.17, 15) is 4.39 Å². The predicted molar refractivity (Wildman–Crippen MR) is 74.8 cm³/mol. The van der Waals surface area contributed by atoms with E-state index in [0.717, 1.165) is 5.56 Å². The Labute approximate surface area is 118 Å². The lowest BCUT2D eigenvalue weighted by atomic mass is 10.2. The number of nitrogen functional groups attached to an aromatic ring is 1. The highest BCUT2D eigenvalue weighted by Crippen LogP contribution is 2.20. The normalized spacial score (nSPS) is 10.9. The summed E-state index contributed by atoms with van der Waals surface area (Å²) in [5.74, 6) is 0.215. The highest BCUT2D eigenvalue weighted by molar-refractivity contribution is 6.30. The van der Waals surface area contributed by atoms with Crippen LogP contribution in [-0.2, 0) is 6.54 Å². The standard InChI is InChI=1S/C12H10ClFN6/c13-7-3-6(1-2-8(7)14)4-16-10-9-11(18-5-17-9)20-12(15)19-10/h1-3,5H,4H2,(H4,15,16,17,18,19,20). The van der Waals surface area contributed by atoms with E-state index in [4.69, 9.17) is 17.3 Å². The first kappa shape index (κ1) is 12.6. The third kappa shape index (κ3) is 2.35. The van der Waals surface area contributed by atoms with Gasteiger partial charge < -0.3 is 16.0 Å². The minimum absolute atomic E-state index is 0.0817. The molecule has 1 aromatic carbocycles. The third-order valence-corrected chi connectivity index (χ3v) is 3.04. The molecule has 0 saturated carbocycles. The average Bonchev–Trinajstić information content (AvgIpc) is 2.88. The number of imidazole rings is 1. The van der Waals surface area contributed by atoms with Crippen LogP contribution in [0.5, 0.6) is 0 Å². The fraction of sp³-hybridized carbons (Fsp3) is 0.0833. The van der Waals surface area contributed by atoms with Crippen LogP contribution >= 0.6 is 11.6 Å². The molecule has 0 unspecified atom stereocenters. The summed E-state index contributed by atoms with van der Waals surface area (Å²) in [6, 6.07) is 4.51. The van der Waals surface area contributed by atoms with Gasteiger partial charge >= 0.3 is 0 Å². The predicted octanol–water partition coefficient (Wildman–Crippen LogP) is 2.34. The average molecular weight is 293 g/mol. The van der Waals surface area contributed by atoms with Crippen LogP contribution in [0.2, 0.25) is 5.02 Å². The van der Waals surface area contributed by atoms with Gasteiger partial charge in [-0.05, 0) is 17.7 Å². The summed E-state index contributed by atoms with van der Waals surface area (Å²) in [6.45, 7) is 0.421. The summed E-state index contributed by atoms with van der Waals surface area (Å²) in [5.41, 5.74) is 7.57. The maximum Gasteiger partial charge on any atom is 0.224 e. The van der Waals surface area contributed by atoms with Gasteiger partial charge in [0.2, 0.25) is 5.95 Å². The minimum atomic E-state index is -0.447. The molecule has 0 radical (unpaired) electrons. The molecule has 0 fully saturated rings. The maximum absolute atomic E-state index is 13.1. The van der Waals surface area contributed by atoms with Gasteiger partial charge in [-0.2, -0.15) is 9.97 Å². The molecule has 2 heterocycles. The van der Waals surface area contributed by atoms with E-state index >= 15 is 0 Å². The molecule has 8 heteroatoms.